The monoisotopic (exact) mass is 686 g/mol. The second kappa shape index (κ2) is 17.2. The number of benzene rings is 3. The van der Waals surface area contributed by atoms with Crippen LogP contribution in [0.2, 0.25) is 0 Å². The molecule has 0 radical (unpaired) electrons. The van der Waals surface area contributed by atoms with Gasteiger partial charge in [0.1, 0.15) is 11.6 Å². The molecule has 4 atom stereocenters. The van der Waals surface area contributed by atoms with Gasteiger partial charge in [0.2, 0.25) is 5.91 Å². The van der Waals surface area contributed by atoms with Crippen molar-refractivity contribution in [3.63, 3.8) is 0 Å². The Bertz CT molecular complexity index is 1600. The van der Waals surface area contributed by atoms with Crippen LogP contribution in [-0.4, -0.2) is 63.8 Å². The SMILES string of the molecule is CC(C)(C)OC(=O)C1CCCN1CC1CC(c2ccc(CO)cc2)OC(c2cccc(-c3cccc(CNC(=O)CCCCC(=O)O)c3)c2)O1. The molecule has 0 spiro atoms. The van der Waals surface area contributed by atoms with Gasteiger partial charge in [0, 0.05) is 37.9 Å². The van der Waals surface area contributed by atoms with Crippen LogP contribution in [0.3, 0.4) is 0 Å². The molecule has 10 nitrogen and oxygen atoms in total. The van der Waals surface area contributed by atoms with Gasteiger partial charge >= 0.3 is 11.9 Å². The molecule has 50 heavy (non-hydrogen) atoms. The zero-order valence-electron chi connectivity index (χ0n) is 29.3. The van der Waals surface area contributed by atoms with Gasteiger partial charge in [-0.3, -0.25) is 19.3 Å². The molecule has 0 aliphatic carbocycles. The van der Waals surface area contributed by atoms with Gasteiger partial charge in [-0.2, -0.15) is 0 Å². The van der Waals surface area contributed by atoms with Crippen molar-refractivity contribution in [2.75, 3.05) is 13.1 Å². The predicted molar refractivity (Wildman–Crippen MR) is 189 cm³/mol. The number of carbonyl (C=O) groups excluding carboxylic acids is 2. The lowest BCUT2D eigenvalue weighted by Gasteiger charge is -2.38. The standard InChI is InChI=1S/C40H50N2O8/c1-40(2,3)50-38(47)34-13-8-20-42(34)25-33-23-35(29-18-16-27(26-43)17-19-29)49-39(48-33)32-12-7-11-31(22-32)30-10-6-9-28(21-30)24-41-36(44)14-4-5-15-37(45)46/h6-7,9-12,16-19,21-22,33-35,39,43H,4-5,8,13-15,20,23-26H2,1-3H3,(H,41,44)(H,45,46). The molecule has 4 unspecified atom stereocenters. The van der Waals surface area contributed by atoms with E-state index in [4.69, 9.17) is 19.3 Å². The molecule has 0 saturated carbocycles. The van der Waals surface area contributed by atoms with Crippen molar-refractivity contribution < 1.29 is 38.8 Å². The summed E-state index contributed by atoms with van der Waals surface area (Å²) in [4.78, 5) is 38.3. The average Bonchev–Trinajstić information content (AvgIpc) is 3.57. The van der Waals surface area contributed by atoms with Crippen LogP contribution in [0.1, 0.15) is 100 Å². The molecule has 2 heterocycles. The van der Waals surface area contributed by atoms with E-state index >= 15 is 0 Å². The minimum Gasteiger partial charge on any atom is -0.481 e. The third kappa shape index (κ3) is 10.7. The van der Waals surface area contributed by atoms with Crippen molar-refractivity contribution in [1.29, 1.82) is 0 Å². The van der Waals surface area contributed by atoms with E-state index < -0.39 is 17.9 Å². The molecule has 2 saturated heterocycles. The highest BCUT2D eigenvalue weighted by molar-refractivity contribution is 5.77. The minimum absolute atomic E-state index is 0.0316. The number of aliphatic carboxylic acids is 1. The number of hydrogen-bond acceptors (Lipinski definition) is 8. The maximum absolute atomic E-state index is 13.1. The number of hydrogen-bond donors (Lipinski definition) is 3. The first-order valence-electron chi connectivity index (χ1n) is 17.6. The molecule has 3 N–H and O–H groups in total. The highest BCUT2D eigenvalue weighted by Crippen LogP contribution is 2.39. The second-order valence-corrected chi connectivity index (χ2v) is 14.2. The van der Waals surface area contributed by atoms with Crippen molar-refractivity contribution in [2.24, 2.45) is 0 Å². The van der Waals surface area contributed by atoms with Gasteiger partial charge < -0.3 is 29.7 Å². The number of unbranched alkanes of at least 4 members (excludes halogenated alkanes) is 1. The Morgan fingerprint density at radius 2 is 1.62 bits per heavy atom. The third-order valence-corrected chi connectivity index (χ3v) is 9.05. The van der Waals surface area contributed by atoms with Crippen LogP contribution in [0.4, 0.5) is 0 Å². The lowest BCUT2D eigenvalue weighted by Crippen LogP contribution is -2.45. The van der Waals surface area contributed by atoms with Crippen molar-refractivity contribution in [2.45, 2.75) is 109 Å². The van der Waals surface area contributed by atoms with Crippen LogP contribution in [0.15, 0.2) is 72.8 Å². The van der Waals surface area contributed by atoms with Crippen LogP contribution in [0, 0.1) is 0 Å². The topological polar surface area (TPSA) is 135 Å². The van der Waals surface area contributed by atoms with E-state index in [9.17, 15) is 19.5 Å². The lowest BCUT2D eigenvalue weighted by atomic mass is 9.98. The van der Waals surface area contributed by atoms with Crippen LogP contribution in [-0.2, 0) is 41.7 Å². The molecule has 268 valence electrons. The number of esters is 1. The highest BCUT2D eigenvalue weighted by atomic mass is 16.7. The number of carboxylic acids is 1. The number of amides is 1. The molecule has 2 fully saturated rings. The number of carbonyl (C=O) groups is 3. The fourth-order valence-corrected chi connectivity index (χ4v) is 6.55. The maximum Gasteiger partial charge on any atom is 0.323 e. The van der Waals surface area contributed by atoms with Crippen molar-refractivity contribution in [3.05, 3.63) is 95.1 Å². The Kier molecular flexibility index (Phi) is 12.8. The van der Waals surface area contributed by atoms with Gasteiger partial charge in [0.15, 0.2) is 6.29 Å². The van der Waals surface area contributed by atoms with Crippen molar-refractivity contribution >= 4 is 17.8 Å². The molecule has 2 aliphatic rings. The van der Waals surface area contributed by atoms with Crippen LogP contribution >= 0.6 is 0 Å². The van der Waals surface area contributed by atoms with E-state index in [-0.39, 0.29) is 43.2 Å². The maximum atomic E-state index is 13.1. The van der Waals surface area contributed by atoms with Gasteiger partial charge in [-0.1, -0.05) is 60.7 Å². The molecule has 3 aromatic carbocycles. The zero-order chi connectivity index (χ0) is 35.7. The van der Waals surface area contributed by atoms with Crippen molar-refractivity contribution in [1.82, 2.24) is 10.2 Å². The summed E-state index contributed by atoms with van der Waals surface area (Å²) in [7, 11) is 0. The number of aliphatic hydroxyl groups excluding tert-OH is 1. The summed E-state index contributed by atoms with van der Waals surface area (Å²) in [5, 5.41) is 21.3. The first-order valence-corrected chi connectivity index (χ1v) is 17.6. The van der Waals surface area contributed by atoms with Gasteiger partial charge in [-0.25, -0.2) is 0 Å². The van der Waals surface area contributed by atoms with Crippen LogP contribution in [0.5, 0.6) is 0 Å². The molecule has 10 heteroatoms. The smallest absolute Gasteiger partial charge is 0.323 e. The van der Waals surface area contributed by atoms with E-state index in [1.54, 1.807) is 0 Å². The van der Waals surface area contributed by atoms with Gasteiger partial charge in [-0.05, 0) is 92.9 Å². The lowest BCUT2D eigenvalue weighted by molar-refractivity contribution is -0.253. The number of carboxylic acid groups (broad SMARTS) is 1. The fraction of sp³-hybridized carbons (Fsp3) is 0.475. The quantitative estimate of drug-likeness (QED) is 0.129. The number of likely N-dealkylation sites (tertiary alicyclic amines) is 1. The Morgan fingerprint density at radius 1 is 0.900 bits per heavy atom. The van der Waals surface area contributed by atoms with Crippen LogP contribution < -0.4 is 5.32 Å². The van der Waals surface area contributed by atoms with Crippen LogP contribution in [0.25, 0.3) is 11.1 Å². The first-order chi connectivity index (χ1) is 24.0. The molecular weight excluding hydrogens is 636 g/mol. The number of nitrogens with zero attached hydrogens (tertiary/aromatic N) is 1. The summed E-state index contributed by atoms with van der Waals surface area (Å²) in [6.07, 6.45) is 2.54. The predicted octanol–water partition coefficient (Wildman–Crippen LogP) is 6.46. The minimum atomic E-state index is -0.850. The number of rotatable bonds is 14. The molecule has 2 aliphatic heterocycles. The fourth-order valence-electron chi connectivity index (χ4n) is 6.55. The molecule has 1 amide bonds. The molecule has 3 aromatic rings. The van der Waals surface area contributed by atoms with E-state index in [1.807, 2.05) is 87.5 Å². The summed E-state index contributed by atoms with van der Waals surface area (Å²) in [5.74, 6) is -1.15. The van der Waals surface area contributed by atoms with Gasteiger partial charge in [0.05, 0.1) is 18.8 Å². The Balaban J connectivity index is 1.31. The summed E-state index contributed by atoms with van der Waals surface area (Å²) in [5.41, 5.74) is 5.06. The summed E-state index contributed by atoms with van der Waals surface area (Å²) in [6, 6.07) is 23.6. The average molecular weight is 687 g/mol. The van der Waals surface area contributed by atoms with Crippen molar-refractivity contribution in [3.8, 4) is 11.1 Å². The summed E-state index contributed by atoms with van der Waals surface area (Å²) < 4.78 is 19.0. The molecular formula is C40H50N2O8. The summed E-state index contributed by atoms with van der Waals surface area (Å²) >= 11 is 0. The largest absolute Gasteiger partial charge is 0.481 e. The van der Waals surface area contributed by atoms with E-state index in [0.717, 1.165) is 52.8 Å². The third-order valence-electron chi connectivity index (χ3n) is 9.05. The Hall–Kier alpha value is -4.09. The van der Waals surface area contributed by atoms with Gasteiger partial charge in [0.25, 0.3) is 0 Å². The van der Waals surface area contributed by atoms with E-state index in [1.165, 1.54) is 0 Å². The van der Waals surface area contributed by atoms with Gasteiger partial charge in [-0.15, -0.1) is 0 Å². The van der Waals surface area contributed by atoms with E-state index in [0.29, 0.717) is 38.8 Å². The Labute approximate surface area is 294 Å². The highest BCUT2D eigenvalue weighted by Gasteiger charge is 2.39. The molecule has 0 aromatic heterocycles. The number of ether oxygens (including phenoxy) is 3. The molecule has 0 bridgehead atoms. The zero-order valence-corrected chi connectivity index (χ0v) is 29.3. The second-order valence-electron chi connectivity index (χ2n) is 14.2. The summed E-state index contributed by atoms with van der Waals surface area (Å²) in [6.45, 7) is 7.38. The first kappa shape index (κ1) is 37.2. The number of aliphatic hydroxyl groups is 1. The normalized spacial score (nSPS) is 21.1. The van der Waals surface area contributed by atoms with E-state index in [2.05, 4.69) is 16.3 Å². The number of nitrogens with one attached hydrogen (secondary N) is 1. The Morgan fingerprint density at radius 3 is 2.34 bits per heavy atom. The molecule has 5 rings (SSSR count).